The third-order valence-electron chi connectivity index (χ3n) is 3.25. The number of hydrogen-bond donors (Lipinski definition) is 1. The summed E-state index contributed by atoms with van der Waals surface area (Å²) in [6.45, 7) is 4.93. The molecule has 0 aliphatic carbocycles. The maximum absolute atomic E-state index is 11.1. The van der Waals surface area contributed by atoms with Gasteiger partial charge in [-0.2, -0.15) is 0 Å². The van der Waals surface area contributed by atoms with E-state index < -0.39 is 0 Å². The van der Waals surface area contributed by atoms with E-state index in [9.17, 15) is 10.1 Å². The van der Waals surface area contributed by atoms with Crippen molar-refractivity contribution in [3.8, 4) is 0 Å². The highest BCUT2D eigenvalue weighted by Crippen LogP contribution is 2.25. The number of aryl methyl sites for hydroxylation is 1. The minimum Gasteiger partial charge on any atom is -0.308 e. The first-order valence-electron chi connectivity index (χ1n) is 6.99. The second-order valence-corrected chi connectivity index (χ2v) is 5.95. The van der Waals surface area contributed by atoms with Gasteiger partial charge in [0.2, 0.25) is 0 Å². The number of para-hydroxylation sites is 1. The van der Waals surface area contributed by atoms with E-state index in [-0.39, 0.29) is 16.7 Å². The van der Waals surface area contributed by atoms with Gasteiger partial charge in [-0.15, -0.1) is 11.3 Å². The molecule has 0 fully saturated rings. The third kappa shape index (κ3) is 4.09. The largest absolute Gasteiger partial charge is 0.308 e. The molecule has 0 bridgehead atoms. The number of benzene rings is 1. The van der Waals surface area contributed by atoms with E-state index in [1.54, 1.807) is 23.5 Å². The average molecular weight is 305 g/mol. The molecule has 1 atom stereocenters. The summed E-state index contributed by atoms with van der Waals surface area (Å²) in [5.74, 6) is 0. The first-order valence-corrected chi connectivity index (χ1v) is 7.87. The summed E-state index contributed by atoms with van der Waals surface area (Å²) in [5, 5.41) is 17.6. The van der Waals surface area contributed by atoms with Gasteiger partial charge in [-0.1, -0.05) is 25.1 Å². The zero-order valence-corrected chi connectivity index (χ0v) is 13.0. The van der Waals surface area contributed by atoms with E-state index in [2.05, 4.69) is 17.2 Å². The lowest BCUT2D eigenvalue weighted by Gasteiger charge is -2.16. The fraction of sp³-hybridized carbons (Fsp3) is 0.400. The number of hydrogen-bond acceptors (Lipinski definition) is 5. The van der Waals surface area contributed by atoms with E-state index in [0.29, 0.717) is 6.42 Å². The molecular formula is C15H19N3O2S. The Kier molecular flexibility index (Phi) is 5.41. The molecule has 0 spiro atoms. The molecule has 6 heteroatoms. The molecule has 1 aromatic heterocycles. The van der Waals surface area contributed by atoms with Gasteiger partial charge in [0, 0.05) is 23.4 Å². The lowest BCUT2D eigenvalue weighted by Crippen LogP contribution is -2.24. The van der Waals surface area contributed by atoms with Crippen molar-refractivity contribution < 1.29 is 4.92 Å². The van der Waals surface area contributed by atoms with Crippen molar-refractivity contribution in [3.05, 3.63) is 56.0 Å². The number of rotatable bonds is 7. The Hall–Kier alpha value is -1.79. The number of nitrogens with zero attached hydrogens (tertiary/aromatic N) is 2. The predicted octanol–water partition coefficient (Wildman–Crippen LogP) is 3.64. The van der Waals surface area contributed by atoms with Gasteiger partial charge in [0.1, 0.15) is 0 Å². The molecule has 0 aliphatic heterocycles. The van der Waals surface area contributed by atoms with Crippen molar-refractivity contribution in [2.75, 3.05) is 6.54 Å². The molecule has 21 heavy (non-hydrogen) atoms. The average Bonchev–Trinajstić information content (AvgIpc) is 2.90. The van der Waals surface area contributed by atoms with E-state index in [0.717, 1.165) is 29.2 Å². The summed E-state index contributed by atoms with van der Waals surface area (Å²) in [4.78, 5) is 15.3. The summed E-state index contributed by atoms with van der Waals surface area (Å²) in [7, 11) is 0. The van der Waals surface area contributed by atoms with E-state index in [4.69, 9.17) is 0 Å². The second kappa shape index (κ2) is 7.28. The molecule has 1 unspecified atom stereocenters. The molecule has 2 aromatic rings. The number of thiazole rings is 1. The molecule has 2 rings (SSSR count). The van der Waals surface area contributed by atoms with Crippen LogP contribution in [0.2, 0.25) is 0 Å². The Bertz CT molecular complexity index is 612. The number of nitro groups is 1. The Morgan fingerprint density at radius 3 is 2.81 bits per heavy atom. The first kappa shape index (κ1) is 15.6. The summed E-state index contributed by atoms with van der Waals surface area (Å²) in [6.07, 6.45) is 1.58. The van der Waals surface area contributed by atoms with Crippen LogP contribution in [-0.2, 0) is 6.42 Å². The first-order chi connectivity index (χ1) is 10.1. The SMILES string of the molecule is CCCNC(Cc1ccccc1[N+](=O)[O-])c1csc(C)n1. The van der Waals surface area contributed by atoms with Crippen LogP contribution in [0.25, 0.3) is 0 Å². The number of nitro benzene ring substituents is 1. The number of nitrogens with one attached hydrogen (secondary N) is 1. The minimum absolute atomic E-state index is 0.0102. The van der Waals surface area contributed by atoms with Crippen molar-refractivity contribution in [3.63, 3.8) is 0 Å². The highest BCUT2D eigenvalue weighted by atomic mass is 32.1. The third-order valence-corrected chi connectivity index (χ3v) is 4.04. The van der Waals surface area contributed by atoms with Gasteiger partial charge in [0.15, 0.2) is 0 Å². The second-order valence-electron chi connectivity index (χ2n) is 4.89. The van der Waals surface area contributed by atoms with E-state index in [1.165, 1.54) is 0 Å². The molecule has 1 N–H and O–H groups in total. The van der Waals surface area contributed by atoms with Crippen LogP contribution in [0.4, 0.5) is 5.69 Å². The van der Waals surface area contributed by atoms with E-state index >= 15 is 0 Å². The van der Waals surface area contributed by atoms with Crippen LogP contribution < -0.4 is 5.32 Å². The normalized spacial score (nSPS) is 12.3. The van der Waals surface area contributed by atoms with E-state index in [1.807, 2.05) is 24.4 Å². The molecule has 0 saturated heterocycles. The van der Waals surface area contributed by atoms with Crippen LogP contribution in [0, 0.1) is 17.0 Å². The Labute approximate surface area is 128 Å². The van der Waals surface area contributed by atoms with Gasteiger partial charge in [0.25, 0.3) is 5.69 Å². The minimum atomic E-state index is -0.321. The van der Waals surface area contributed by atoms with Gasteiger partial charge in [-0.25, -0.2) is 4.98 Å². The molecule has 1 aromatic carbocycles. The number of aromatic nitrogens is 1. The summed E-state index contributed by atoms with van der Waals surface area (Å²) in [6, 6.07) is 6.92. The summed E-state index contributed by atoms with van der Waals surface area (Å²) < 4.78 is 0. The van der Waals surface area contributed by atoms with Crippen LogP contribution >= 0.6 is 11.3 Å². The quantitative estimate of drug-likeness (QED) is 0.626. The molecule has 0 aliphatic rings. The van der Waals surface area contributed by atoms with Gasteiger partial charge in [-0.3, -0.25) is 10.1 Å². The fourth-order valence-corrected chi connectivity index (χ4v) is 2.89. The van der Waals surface area contributed by atoms with Crippen molar-refractivity contribution in [1.29, 1.82) is 0 Å². The summed E-state index contributed by atoms with van der Waals surface area (Å²) in [5.41, 5.74) is 1.87. The smallest absolute Gasteiger partial charge is 0.272 e. The lowest BCUT2D eigenvalue weighted by atomic mass is 10.0. The summed E-state index contributed by atoms with van der Waals surface area (Å²) >= 11 is 1.60. The maximum atomic E-state index is 11.1. The van der Waals surface area contributed by atoms with Gasteiger partial charge in [-0.05, 0) is 19.9 Å². The Morgan fingerprint density at radius 2 is 2.19 bits per heavy atom. The van der Waals surface area contributed by atoms with Crippen LogP contribution in [0.5, 0.6) is 0 Å². The fourth-order valence-electron chi connectivity index (χ4n) is 2.22. The molecule has 0 saturated carbocycles. The maximum Gasteiger partial charge on any atom is 0.272 e. The van der Waals surface area contributed by atoms with Crippen LogP contribution in [0.1, 0.15) is 35.7 Å². The lowest BCUT2D eigenvalue weighted by molar-refractivity contribution is -0.385. The van der Waals surface area contributed by atoms with Gasteiger partial charge >= 0.3 is 0 Å². The molecule has 112 valence electrons. The molecular weight excluding hydrogens is 286 g/mol. The molecule has 0 radical (unpaired) electrons. The molecule has 1 heterocycles. The zero-order chi connectivity index (χ0) is 15.2. The molecule has 5 nitrogen and oxygen atoms in total. The standard InChI is InChI=1S/C15H19N3O2S/c1-3-8-16-13(14-10-21-11(2)17-14)9-12-6-4-5-7-15(12)18(19)20/h4-7,10,13,16H,3,8-9H2,1-2H3. The topological polar surface area (TPSA) is 68.1 Å². The van der Waals surface area contributed by atoms with Gasteiger partial charge in [0.05, 0.1) is 21.7 Å². The monoisotopic (exact) mass is 305 g/mol. The van der Waals surface area contributed by atoms with Crippen molar-refractivity contribution in [2.45, 2.75) is 32.7 Å². The Morgan fingerprint density at radius 1 is 1.43 bits per heavy atom. The zero-order valence-electron chi connectivity index (χ0n) is 12.2. The predicted molar refractivity (Wildman–Crippen MR) is 84.7 cm³/mol. The van der Waals surface area contributed by atoms with Crippen LogP contribution in [-0.4, -0.2) is 16.5 Å². The van der Waals surface area contributed by atoms with Crippen molar-refractivity contribution >= 4 is 17.0 Å². The van der Waals surface area contributed by atoms with Crippen LogP contribution in [0.3, 0.4) is 0 Å². The van der Waals surface area contributed by atoms with Gasteiger partial charge < -0.3 is 5.32 Å². The van der Waals surface area contributed by atoms with Crippen molar-refractivity contribution in [1.82, 2.24) is 10.3 Å². The Balaban J connectivity index is 2.24. The van der Waals surface area contributed by atoms with Crippen LogP contribution in [0.15, 0.2) is 29.6 Å². The molecule has 0 amide bonds. The highest BCUT2D eigenvalue weighted by Gasteiger charge is 2.20. The van der Waals surface area contributed by atoms with Crippen molar-refractivity contribution in [2.24, 2.45) is 0 Å². The highest BCUT2D eigenvalue weighted by molar-refractivity contribution is 7.09.